The van der Waals surface area contributed by atoms with Gasteiger partial charge in [0.05, 0.1) is 19.3 Å². The fourth-order valence-corrected chi connectivity index (χ4v) is 4.53. The molecule has 2 N–H and O–H groups in total. The molecule has 8 nitrogen and oxygen atoms in total. The number of phenolic OH excluding ortho intramolecular Hbond substituents is 1. The zero-order valence-electron chi connectivity index (χ0n) is 20.6. The van der Waals surface area contributed by atoms with Crippen LogP contribution in [0.2, 0.25) is 5.02 Å². The molecule has 2 aromatic carbocycles. The van der Waals surface area contributed by atoms with E-state index in [0.717, 1.165) is 5.56 Å². The number of nitrogens with one attached hydrogen (secondary N) is 1. The Balaban J connectivity index is 1.79. The number of hydrogen-bond acceptors (Lipinski definition) is 6. The summed E-state index contributed by atoms with van der Waals surface area (Å²) in [5.41, 5.74) is 2.78. The number of methoxy groups -OCH3 is 1. The minimum Gasteiger partial charge on any atom is -0.507 e. The van der Waals surface area contributed by atoms with Gasteiger partial charge in [0, 0.05) is 29.3 Å². The monoisotopic (exact) mass is 511 g/mol. The van der Waals surface area contributed by atoms with E-state index in [1.54, 1.807) is 30.2 Å². The number of halogens is 1. The second-order valence-electron chi connectivity index (χ2n) is 8.71. The second kappa shape index (κ2) is 11.1. The van der Waals surface area contributed by atoms with E-state index < -0.39 is 6.04 Å². The van der Waals surface area contributed by atoms with Gasteiger partial charge in [0.25, 0.3) is 5.91 Å². The first-order valence-corrected chi connectivity index (χ1v) is 12.1. The van der Waals surface area contributed by atoms with Gasteiger partial charge in [-0.25, -0.2) is 0 Å². The molecule has 3 aromatic rings. The number of nitrogens with zero attached hydrogens (tertiary/aromatic N) is 2. The molecule has 0 aliphatic carbocycles. The fourth-order valence-electron chi connectivity index (χ4n) is 4.35. The maximum Gasteiger partial charge on any atom is 0.273 e. The lowest BCUT2D eigenvalue weighted by Crippen LogP contribution is -2.31. The van der Waals surface area contributed by atoms with E-state index in [9.17, 15) is 9.90 Å². The van der Waals surface area contributed by atoms with E-state index in [-0.39, 0.29) is 17.8 Å². The summed E-state index contributed by atoms with van der Waals surface area (Å²) in [6.45, 7) is 8.98. The predicted molar refractivity (Wildman–Crippen MR) is 138 cm³/mol. The number of aromatic amines is 1. The zero-order chi connectivity index (χ0) is 25.8. The molecule has 0 fully saturated rings. The van der Waals surface area contributed by atoms with Gasteiger partial charge in [-0.05, 0) is 56.2 Å². The highest BCUT2D eigenvalue weighted by Crippen LogP contribution is 2.46. The first-order chi connectivity index (χ1) is 17.3. The van der Waals surface area contributed by atoms with Crippen molar-refractivity contribution in [2.75, 3.05) is 26.9 Å². The average molecular weight is 512 g/mol. The van der Waals surface area contributed by atoms with Crippen LogP contribution in [0.1, 0.15) is 47.9 Å². The lowest BCUT2D eigenvalue weighted by molar-refractivity contribution is 0.0601. The molecule has 1 aliphatic rings. The fraction of sp³-hybridized carbons (Fsp3) is 0.333. The van der Waals surface area contributed by atoms with Gasteiger partial charge >= 0.3 is 0 Å². The molecular formula is C27H30ClN3O5. The molecule has 190 valence electrons. The van der Waals surface area contributed by atoms with Gasteiger partial charge in [0.1, 0.15) is 23.7 Å². The number of fused-ring (bicyclic) bond motifs is 1. The third-order valence-electron chi connectivity index (χ3n) is 5.93. The number of carbonyl (C=O) groups is 1. The number of benzene rings is 2. The Morgan fingerprint density at radius 1 is 1.25 bits per heavy atom. The molecule has 9 heteroatoms. The van der Waals surface area contributed by atoms with Crippen LogP contribution in [0.3, 0.4) is 0 Å². The molecule has 4 rings (SSSR count). The third kappa shape index (κ3) is 5.05. The van der Waals surface area contributed by atoms with Gasteiger partial charge in [-0.3, -0.25) is 9.89 Å². The van der Waals surface area contributed by atoms with Gasteiger partial charge in [0.15, 0.2) is 11.5 Å². The van der Waals surface area contributed by atoms with Crippen LogP contribution in [-0.4, -0.2) is 59.1 Å². The number of aromatic nitrogens is 2. The maximum atomic E-state index is 13.5. The van der Waals surface area contributed by atoms with E-state index in [4.69, 9.17) is 25.8 Å². The number of ether oxygens (including phenoxy) is 3. The molecular weight excluding hydrogens is 482 g/mol. The summed E-state index contributed by atoms with van der Waals surface area (Å²) in [6.07, 6.45) is 2.43. The summed E-state index contributed by atoms with van der Waals surface area (Å²) in [6, 6.07) is 9.86. The average Bonchev–Trinajstić information content (AvgIpc) is 3.40. The van der Waals surface area contributed by atoms with Crippen molar-refractivity contribution < 1.29 is 24.1 Å². The number of H-pyrrole nitrogens is 1. The summed E-state index contributed by atoms with van der Waals surface area (Å²) < 4.78 is 17.0. The smallest absolute Gasteiger partial charge is 0.273 e. The Kier molecular flexibility index (Phi) is 7.86. The van der Waals surface area contributed by atoms with Crippen LogP contribution in [-0.2, 0) is 4.74 Å². The summed E-state index contributed by atoms with van der Waals surface area (Å²) in [5, 5.41) is 18.3. The van der Waals surface area contributed by atoms with Gasteiger partial charge in [0.2, 0.25) is 0 Å². The number of aromatic hydroxyl groups is 1. The van der Waals surface area contributed by atoms with Crippen molar-refractivity contribution in [1.82, 2.24) is 15.1 Å². The highest BCUT2D eigenvalue weighted by Gasteiger charge is 2.42. The number of amides is 1. The summed E-state index contributed by atoms with van der Waals surface area (Å²) in [7, 11) is 1.57. The molecule has 36 heavy (non-hydrogen) atoms. The Morgan fingerprint density at radius 3 is 2.78 bits per heavy atom. The Labute approximate surface area is 215 Å². The molecule has 1 amide bonds. The summed E-state index contributed by atoms with van der Waals surface area (Å²) in [5.74, 6) is 0.955. The lowest BCUT2D eigenvalue weighted by atomic mass is 9.95. The number of rotatable bonds is 11. The standard InChI is InChI=1S/C27H30ClN3O5/c1-5-12-36-21-10-7-17(14-22(21)34-4)26-23-24(19-15-18(28)8-9-20(19)32)29-30-25(23)27(33)31(26)11-6-13-35-16(2)3/h5,7-10,14-16,26,32H,1,6,11-13H2,2-4H3,(H,29,30). The molecule has 2 heterocycles. The third-order valence-corrected chi connectivity index (χ3v) is 6.17. The van der Waals surface area contributed by atoms with Crippen molar-refractivity contribution in [2.24, 2.45) is 0 Å². The van der Waals surface area contributed by atoms with Crippen LogP contribution in [0.5, 0.6) is 17.2 Å². The Hall–Kier alpha value is -3.49. The van der Waals surface area contributed by atoms with Gasteiger partial charge in [-0.1, -0.05) is 30.3 Å². The van der Waals surface area contributed by atoms with Crippen LogP contribution < -0.4 is 9.47 Å². The minimum absolute atomic E-state index is 0.0226. The SMILES string of the molecule is C=CCOc1ccc(C2c3c(-c4cc(Cl)ccc4O)n[nH]c3C(=O)N2CCCOC(C)C)cc1OC. The lowest BCUT2D eigenvalue weighted by Gasteiger charge is -2.27. The van der Waals surface area contributed by atoms with Gasteiger partial charge in [-0.2, -0.15) is 5.10 Å². The van der Waals surface area contributed by atoms with Crippen molar-refractivity contribution in [3.63, 3.8) is 0 Å². The molecule has 0 saturated carbocycles. The van der Waals surface area contributed by atoms with Crippen molar-refractivity contribution in [1.29, 1.82) is 0 Å². The molecule has 0 radical (unpaired) electrons. The first-order valence-electron chi connectivity index (χ1n) is 11.8. The van der Waals surface area contributed by atoms with Crippen LogP contribution in [0.25, 0.3) is 11.3 Å². The molecule has 0 saturated heterocycles. The molecule has 1 unspecified atom stereocenters. The highest BCUT2D eigenvalue weighted by molar-refractivity contribution is 6.31. The van der Waals surface area contributed by atoms with Gasteiger partial charge < -0.3 is 24.2 Å². The minimum atomic E-state index is -0.471. The van der Waals surface area contributed by atoms with Crippen LogP contribution in [0.4, 0.5) is 0 Å². The predicted octanol–water partition coefficient (Wildman–Crippen LogP) is 5.37. The Morgan fingerprint density at radius 2 is 2.06 bits per heavy atom. The van der Waals surface area contributed by atoms with E-state index >= 15 is 0 Å². The van der Waals surface area contributed by atoms with E-state index in [1.807, 2.05) is 32.0 Å². The van der Waals surface area contributed by atoms with Crippen molar-refractivity contribution in [3.05, 3.63) is 70.9 Å². The molecule has 0 spiro atoms. The number of carbonyl (C=O) groups excluding carboxylic acids is 1. The van der Waals surface area contributed by atoms with Crippen LogP contribution >= 0.6 is 11.6 Å². The molecule has 0 bridgehead atoms. The van der Waals surface area contributed by atoms with Gasteiger partial charge in [-0.15, -0.1) is 0 Å². The normalized spacial score (nSPS) is 14.9. The van der Waals surface area contributed by atoms with E-state index in [0.29, 0.717) is 65.2 Å². The summed E-state index contributed by atoms with van der Waals surface area (Å²) >= 11 is 6.23. The maximum absolute atomic E-state index is 13.5. The molecule has 1 aromatic heterocycles. The van der Waals surface area contributed by atoms with Crippen LogP contribution in [0, 0.1) is 0 Å². The Bertz CT molecular complexity index is 1260. The number of phenols is 1. The van der Waals surface area contributed by atoms with E-state index in [2.05, 4.69) is 16.8 Å². The van der Waals surface area contributed by atoms with E-state index in [1.165, 1.54) is 6.07 Å². The largest absolute Gasteiger partial charge is 0.507 e. The van der Waals surface area contributed by atoms with Crippen molar-refractivity contribution in [2.45, 2.75) is 32.4 Å². The van der Waals surface area contributed by atoms with Crippen molar-refractivity contribution in [3.8, 4) is 28.5 Å². The number of hydrogen-bond donors (Lipinski definition) is 2. The second-order valence-corrected chi connectivity index (χ2v) is 9.14. The molecule has 1 aliphatic heterocycles. The van der Waals surface area contributed by atoms with Crippen molar-refractivity contribution >= 4 is 17.5 Å². The summed E-state index contributed by atoms with van der Waals surface area (Å²) in [4.78, 5) is 15.3. The van der Waals surface area contributed by atoms with Crippen LogP contribution in [0.15, 0.2) is 49.1 Å². The quantitative estimate of drug-likeness (QED) is 0.265. The first kappa shape index (κ1) is 25.6. The topological polar surface area (TPSA) is 96.9 Å². The highest BCUT2D eigenvalue weighted by atomic mass is 35.5. The molecule has 1 atom stereocenters. The zero-order valence-corrected chi connectivity index (χ0v) is 21.3.